The van der Waals surface area contributed by atoms with Gasteiger partial charge in [-0.05, 0) is 52.0 Å². The van der Waals surface area contributed by atoms with E-state index in [9.17, 15) is 0 Å². The average Bonchev–Trinajstić information content (AvgIpc) is 2.66. The highest BCUT2D eigenvalue weighted by atomic mass is 14.7. The van der Waals surface area contributed by atoms with Crippen molar-refractivity contribution < 1.29 is 0 Å². The minimum atomic E-state index is 0.138. The number of pyridine rings is 1. The van der Waals surface area contributed by atoms with Gasteiger partial charge in [0.25, 0.3) is 0 Å². The number of aromatic nitrogens is 1. The van der Waals surface area contributed by atoms with Gasteiger partial charge >= 0.3 is 0 Å². The van der Waals surface area contributed by atoms with Gasteiger partial charge in [-0.25, -0.2) is 0 Å². The third kappa shape index (κ3) is 4.71. The van der Waals surface area contributed by atoms with E-state index in [2.05, 4.69) is 110 Å². The summed E-state index contributed by atoms with van der Waals surface area (Å²) in [4.78, 5) is 5.04. The molecule has 0 amide bonds. The minimum absolute atomic E-state index is 0.138. The van der Waals surface area contributed by atoms with Crippen LogP contribution in [0.5, 0.6) is 0 Å². The number of hydrogen-bond donors (Lipinski definition) is 0. The van der Waals surface area contributed by atoms with Gasteiger partial charge in [0.1, 0.15) is 0 Å². The number of para-hydroxylation sites is 1. The molecule has 0 aliphatic heterocycles. The van der Waals surface area contributed by atoms with Crippen LogP contribution in [0.25, 0.3) is 10.9 Å². The lowest BCUT2D eigenvalue weighted by molar-refractivity contribution is 0.534. The first-order valence-electron chi connectivity index (χ1n) is 11.0. The van der Waals surface area contributed by atoms with Crippen LogP contribution in [0.3, 0.4) is 0 Å². The molecule has 1 heterocycles. The van der Waals surface area contributed by atoms with E-state index in [0.29, 0.717) is 11.8 Å². The van der Waals surface area contributed by atoms with Crippen molar-refractivity contribution in [2.24, 2.45) is 0 Å². The second kappa shape index (κ2) is 7.94. The Morgan fingerprint density at radius 3 is 1.93 bits per heavy atom. The summed E-state index contributed by atoms with van der Waals surface area (Å²) in [5.41, 5.74) is 6.86. The maximum atomic E-state index is 5.04. The van der Waals surface area contributed by atoms with Crippen LogP contribution >= 0.6 is 0 Å². The van der Waals surface area contributed by atoms with Crippen molar-refractivity contribution >= 4 is 10.9 Å². The van der Waals surface area contributed by atoms with Gasteiger partial charge in [-0.15, -0.1) is 0 Å². The Morgan fingerprint density at radius 1 is 0.793 bits per heavy atom. The van der Waals surface area contributed by atoms with Gasteiger partial charge < -0.3 is 0 Å². The molecule has 0 radical (unpaired) electrons. The molecule has 0 aliphatic rings. The molecule has 0 bridgehead atoms. The van der Waals surface area contributed by atoms with Gasteiger partial charge in [-0.2, -0.15) is 0 Å². The number of nitrogens with zero attached hydrogens (tertiary/aromatic N) is 1. The Hall–Kier alpha value is -2.15. The highest BCUT2D eigenvalue weighted by Gasteiger charge is 2.26. The van der Waals surface area contributed by atoms with Crippen LogP contribution < -0.4 is 0 Å². The predicted molar refractivity (Wildman–Crippen MR) is 127 cm³/mol. The Bertz CT molecular complexity index is 953. The maximum Gasteiger partial charge on any atom is 0.0705 e. The molecule has 1 nitrogen and oxygen atoms in total. The molecule has 3 aromatic rings. The summed E-state index contributed by atoms with van der Waals surface area (Å²) >= 11 is 0. The zero-order valence-corrected chi connectivity index (χ0v) is 19.5. The minimum Gasteiger partial charge on any atom is -0.253 e. The Morgan fingerprint density at radius 2 is 1.38 bits per heavy atom. The van der Waals surface area contributed by atoms with Crippen molar-refractivity contribution in [2.45, 2.75) is 84.5 Å². The SMILES string of the molecule is CC[C@H](c1ccc2ccccc2n1)C(C)c1cc(C(C)(C)C)cc(C(C)(C)C)c1. The molecular formula is C28H37N. The van der Waals surface area contributed by atoms with Crippen LogP contribution in [0, 0.1) is 0 Å². The zero-order valence-electron chi connectivity index (χ0n) is 19.5. The van der Waals surface area contributed by atoms with Crippen LogP contribution in [0.1, 0.15) is 96.0 Å². The molecule has 154 valence electrons. The summed E-state index contributed by atoms with van der Waals surface area (Å²) in [5.74, 6) is 0.819. The first kappa shape index (κ1) is 21.6. The summed E-state index contributed by atoms with van der Waals surface area (Å²) in [6.45, 7) is 18.5. The first-order chi connectivity index (χ1) is 13.5. The largest absolute Gasteiger partial charge is 0.253 e. The van der Waals surface area contributed by atoms with Crippen LogP contribution in [0.4, 0.5) is 0 Å². The summed E-state index contributed by atoms with van der Waals surface area (Å²) in [5, 5.41) is 1.21. The number of fused-ring (bicyclic) bond motifs is 1. The molecule has 0 spiro atoms. The van der Waals surface area contributed by atoms with E-state index in [0.717, 1.165) is 11.9 Å². The molecule has 0 fully saturated rings. The molecule has 3 rings (SSSR count). The van der Waals surface area contributed by atoms with E-state index in [-0.39, 0.29) is 10.8 Å². The highest BCUT2D eigenvalue weighted by Crippen LogP contribution is 2.39. The lowest BCUT2D eigenvalue weighted by Crippen LogP contribution is -2.18. The predicted octanol–water partition coefficient (Wildman–Crippen LogP) is 8.13. The van der Waals surface area contributed by atoms with Crippen molar-refractivity contribution in [1.82, 2.24) is 4.98 Å². The fourth-order valence-corrected chi connectivity index (χ4v) is 4.12. The van der Waals surface area contributed by atoms with Gasteiger partial charge in [0.15, 0.2) is 0 Å². The zero-order chi connectivity index (χ0) is 21.4. The highest BCUT2D eigenvalue weighted by molar-refractivity contribution is 5.78. The van der Waals surface area contributed by atoms with E-state index in [4.69, 9.17) is 4.98 Å². The fraction of sp³-hybridized carbons (Fsp3) is 0.464. The van der Waals surface area contributed by atoms with Crippen LogP contribution in [0.2, 0.25) is 0 Å². The van der Waals surface area contributed by atoms with Gasteiger partial charge in [0.2, 0.25) is 0 Å². The molecule has 0 N–H and O–H groups in total. The molecule has 2 aromatic carbocycles. The third-order valence-electron chi connectivity index (χ3n) is 6.26. The Kier molecular flexibility index (Phi) is 5.90. The summed E-state index contributed by atoms with van der Waals surface area (Å²) < 4.78 is 0. The van der Waals surface area contributed by atoms with Gasteiger partial charge in [0, 0.05) is 17.0 Å². The number of rotatable bonds is 4. The molecule has 1 aromatic heterocycles. The lowest BCUT2D eigenvalue weighted by Gasteiger charge is -2.29. The standard InChI is InChI=1S/C28H37N/c1-9-24(26-15-14-20-12-10-11-13-25(20)29-26)19(2)21-16-22(27(3,4)5)18-23(17-21)28(6,7)8/h10-19,24H,9H2,1-8H3/t19?,24-/m0/s1. The van der Waals surface area contributed by atoms with Crippen molar-refractivity contribution in [1.29, 1.82) is 0 Å². The van der Waals surface area contributed by atoms with E-state index < -0.39 is 0 Å². The Labute approximate surface area is 177 Å². The third-order valence-corrected chi connectivity index (χ3v) is 6.26. The molecular weight excluding hydrogens is 350 g/mol. The van der Waals surface area contributed by atoms with E-state index in [1.54, 1.807) is 0 Å². The molecule has 0 aliphatic carbocycles. The summed E-state index contributed by atoms with van der Waals surface area (Å²) in [6.07, 6.45) is 1.08. The Balaban J connectivity index is 2.07. The van der Waals surface area contributed by atoms with Crippen LogP contribution in [-0.2, 0) is 10.8 Å². The second-order valence-electron chi connectivity index (χ2n) is 10.6. The second-order valence-corrected chi connectivity index (χ2v) is 10.6. The lowest BCUT2D eigenvalue weighted by atomic mass is 9.75. The fourth-order valence-electron chi connectivity index (χ4n) is 4.12. The normalized spacial score (nSPS) is 14.8. The van der Waals surface area contributed by atoms with Crippen molar-refractivity contribution in [3.05, 3.63) is 77.0 Å². The van der Waals surface area contributed by atoms with Crippen LogP contribution in [-0.4, -0.2) is 4.98 Å². The molecule has 0 saturated heterocycles. The van der Waals surface area contributed by atoms with E-state index in [1.165, 1.54) is 27.8 Å². The number of benzene rings is 2. The summed E-state index contributed by atoms with van der Waals surface area (Å²) in [7, 11) is 0. The quantitative estimate of drug-likeness (QED) is 0.440. The topological polar surface area (TPSA) is 12.9 Å². The molecule has 2 atom stereocenters. The monoisotopic (exact) mass is 387 g/mol. The maximum absolute atomic E-state index is 5.04. The van der Waals surface area contributed by atoms with Gasteiger partial charge in [0.05, 0.1) is 5.52 Å². The first-order valence-corrected chi connectivity index (χ1v) is 11.0. The van der Waals surface area contributed by atoms with Crippen molar-refractivity contribution in [3.63, 3.8) is 0 Å². The van der Waals surface area contributed by atoms with Gasteiger partial charge in [-0.1, -0.05) is 97.9 Å². The summed E-state index contributed by atoms with van der Waals surface area (Å²) in [6, 6.07) is 20.1. The average molecular weight is 388 g/mol. The van der Waals surface area contributed by atoms with Crippen LogP contribution in [0.15, 0.2) is 54.6 Å². The van der Waals surface area contributed by atoms with Crippen molar-refractivity contribution in [2.75, 3.05) is 0 Å². The smallest absolute Gasteiger partial charge is 0.0705 e. The molecule has 0 saturated carbocycles. The number of hydrogen-bond acceptors (Lipinski definition) is 1. The van der Waals surface area contributed by atoms with E-state index in [1.807, 2.05) is 0 Å². The van der Waals surface area contributed by atoms with Crippen molar-refractivity contribution in [3.8, 4) is 0 Å². The molecule has 1 heteroatoms. The molecule has 1 unspecified atom stereocenters. The molecule has 29 heavy (non-hydrogen) atoms. The van der Waals surface area contributed by atoms with Gasteiger partial charge in [-0.3, -0.25) is 4.98 Å². The van der Waals surface area contributed by atoms with E-state index >= 15 is 0 Å².